The fourth-order valence-electron chi connectivity index (χ4n) is 6.59. The summed E-state index contributed by atoms with van der Waals surface area (Å²) in [5, 5.41) is 9.18. The molecule has 0 radical (unpaired) electrons. The molecule has 4 rings (SSSR count). The van der Waals surface area contributed by atoms with Crippen LogP contribution in [-0.4, -0.2) is 57.0 Å². The molecule has 8 nitrogen and oxygen atoms in total. The van der Waals surface area contributed by atoms with E-state index in [2.05, 4.69) is 9.97 Å². The molecule has 0 bridgehead atoms. The van der Waals surface area contributed by atoms with Gasteiger partial charge in [-0.15, -0.1) is 0 Å². The minimum Gasteiger partial charge on any atom is -0.489 e. The third-order valence-corrected chi connectivity index (χ3v) is 10.6. The molecule has 1 fully saturated rings. The van der Waals surface area contributed by atoms with Crippen LogP contribution < -0.4 is 14.5 Å². The lowest BCUT2D eigenvalue weighted by Gasteiger charge is -2.36. The number of alkyl halides is 9. The van der Waals surface area contributed by atoms with Crippen molar-refractivity contribution in [2.45, 2.75) is 77.1 Å². The number of aliphatic carboxylic acids is 1. The van der Waals surface area contributed by atoms with Crippen LogP contribution in [0.4, 0.5) is 55.0 Å². The lowest BCUT2D eigenvalue weighted by atomic mass is 9.80. The third-order valence-electron chi connectivity index (χ3n) is 9.57. The predicted octanol–water partition coefficient (Wildman–Crippen LogP) is 9.32. The highest BCUT2D eigenvalue weighted by Crippen LogP contribution is 2.41. The minimum atomic E-state index is -5.18. The van der Waals surface area contributed by atoms with Crippen molar-refractivity contribution in [3.8, 4) is 5.75 Å². The Kier molecular flexibility index (Phi) is 13.7. The molecule has 1 saturated carbocycles. The largest absolute Gasteiger partial charge is 0.489 e. The van der Waals surface area contributed by atoms with Gasteiger partial charge in [0.1, 0.15) is 6.61 Å². The van der Waals surface area contributed by atoms with Crippen LogP contribution in [0.15, 0.2) is 48.8 Å². The maximum Gasteiger partial charge on any atom is 0.416 e. The maximum absolute atomic E-state index is 14.1. The molecule has 19 heteroatoms. The highest BCUT2D eigenvalue weighted by Gasteiger charge is 2.38. The summed E-state index contributed by atoms with van der Waals surface area (Å²) in [6.07, 6.45) is -9.42. The molecular formula is C36H42F10N4O4S. The van der Waals surface area contributed by atoms with Crippen LogP contribution in [0.5, 0.6) is 5.75 Å². The quantitative estimate of drug-likeness (QED) is 0.0891. The van der Waals surface area contributed by atoms with E-state index in [9.17, 15) is 57.5 Å². The van der Waals surface area contributed by atoms with Crippen molar-refractivity contribution >= 4 is 27.9 Å². The van der Waals surface area contributed by atoms with Gasteiger partial charge in [-0.25, -0.2) is 9.97 Å². The molecule has 0 spiro atoms. The number of halogens is 10. The van der Waals surface area contributed by atoms with Crippen LogP contribution in [0.3, 0.4) is 0 Å². The number of carbonyl (C=O) groups is 1. The summed E-state index contributed by atoms with van der Waals surface area (Å²) in [7, 11) is -3.94. The third kappa shape index (κ3) is 12.4. The number of hydrogen-bond donors (Lipinski definition) is 2. The number of aromatic nitrogens is 2. The van der Waals surface area contributed by atoms with Gasteiger partial charge in [-0.2, -0.15) is 43.4 Å². The topological polar surface area (TPSA) is 95.9 Å². The van der Waals surface area contributed by atoms with Crippen LogP contribution in [0.1, 0.15) is 79.8 Å². The van der Waals surface area contributed by atoms with Crippen molar-refractivity contribution in [1.82, 2.24) is 9.97 Å². The molecule has 1 aromatic heterocycles. The number of carboxylic acids is 1. The highest BCUT2D eigenvalue weighted by molar-refractivity contribution is 7.97. The molecule has 3 aromatic rings. The second-order valence-corrected chi connectivity index (χ2v) is 16.2. The summed E-state index contributed by atoms with van der Waals surface area (Å²) in [5.74, 6) is -1.61. The first-order valence-corrected chi connectivity index (χ1v) is 19.6. The first-order valence-electron chi connectivity index (χ1n) is 17.4. The van der Waals surface area contributed by atoms with E-state index in [1.54, 1.807) is 6.92 Å². The first-order chi connectivity index (χ1) is 25.4. The second kappa shape index (κ2) is 17.3. The lowest BCUT2D eigenvalue weighted by Crippen LogP contribution is -2.34. The van der Waals surface area contributed by atoms with Crippen molar-refractivity contribution in [2.24, 2.45) is 11.8 Å². The van der Waals surface area contributed by atoms with E-state index in [1.165, 1.54) is 17.9 Å². The maximum atomic E-state index is 14.1. The Labute approximate surface area is 312 Å². The van der Waals surface area contributed by atoms with Gasteiger partial charge in [0.15, 0.2) is 5.75 Å². The Morgan fingerprint density at radius 3 is 1.93 bits per heavy atom. The van der Waals surface area contributed by atoms with E-state index >= 15 is 0 Å². The smallest absolute Gasteiger partial charge is 0.416 e. The molecule has 1 N–H and O–H groups in total. The van der Waals surface area contributed by atoms with Crippen molar-refractivity contribution in [3.63, 3.8) is 0 Å². The van der Waals surface area contributed by atoms with Crippen LogP contribution in [-0.2, 0) is 40.2 Å². The molecule has 0 aliphatic heterocycles. The van der Waals surface area contributed by atoms with Crippen molar-refractivity contribution in [2.75, 3.05) is 41.5 Å². The first kappa shape index (κ1) is 43.6. The number of nitrogens with zero attached hydrogens (tertiary/aromatic N) is 4. The van der Waals surface area contributed by atoms with Gasteiger partial charge in [-0.1, -0.05) is 0 Å². The lowest BCUT2D eigenvalue weighted by molar-refractivity contribution is -0.143. The Morgan fingerprint density at radius 1 is 0.891 bits per heavy atom. The number of carboxylic acid groups (broad SMARTS) is 1. The summed E-state index contributed by atoms with van der Waals surface area (Å²) < 4.78 is 156. The number of anilines is 2. The standard InChI is InChI=1S/C36H42F10N4O4S/c1-4-49(20-24-7-5-23(6-8-24)13-32(51)52)31-10-9-27(34(37,38)39)16-26(31)21-50(33-47-18-30(19-48-33)54-11-12-55(3,46)53)22(2)25-14-28(35(40,41)42)17-29(15-25)36(43,44)45/h9-10,14-19,22-24,55H,4-8,11-13,20-21H2,1-3H3,(H,51,52)/t22?,23-,24-. The Balaban J connectivity index is 1.80. The van der Waals surface area contributed by atoms with Crippen LogP contribution in [0.2, 0.25) is 0 Å². The van der Waals surface area contributed by atoms with Gasteiger partial charge in [0.25, 0.3) is 0 Å². The molecule has 1 atom stereocenters. The Morgan fingerprint density at radius 2 is 1.44 bits per heavy atom. The molecule has 1 unspecified atom stereocenters. The SMILES string of the molecule is CCN(C[C@H]1CC[C@H](CC(=O)O)CC1)c1ccc(C(F)(F)F)cc1CN(c1ncc(OCC[SH](C)(=O)F)cn1)C(C)c1cc(C(F)(F)F)cc(C(F)(F)F)c1. The average Bonchev–Trinajstić information content (AvgIpc) is 3.08. The molecule has 306 valence electrons. The number of benzene rings is 2. The molecule has 1 aliphatic carbocycles. The number of rotatable bonds is 15. The van der Waals surface area contributed by atoms with Gasteiger partial charge < -0.3 is 19.6 Å². The molecule has 2 aromatic carbocycles. The fraction of sp³-hybridized carbons (Fsp3) is 0.528. The van der Waals surface area contributed by atoms with Gasteiger partial charge in [0, 0.05) is 48.3 Å². The minimum absolute atomic E-state index is 0.00284. The molecular weight excluding hydrogens is 774 g/mol. The highest BCUT2D eigenvalue weighted by atomic mass is 32.3. The Hall–Kier alpha value is -4.16. The molecule has 55 heavy (non-hydrogen) atoms. The van der Waals surface area contributed by atoms with Gasteiger partial charge in [0.05, 0.1) is 40.9 Å². The zero-order valence-electron chi connectivity index (χ0n) is 30.1. The summed E-state index contributed by atoms with van der Waals surface area (Å²) >= 11 is 0. The van der Waals surface area contributed by atoms with Crippen molar-refractivity contribution in [1.29, 1.82) is 0 Å². The summed E-state index contributed by atoms with van der Waals surface area (Å²) in [6.45, 7) is 2.90. The van der Waals surface area contributed by atoms with Gasteiger partial charge in [0.2, 0.25) is 5.95 Å². The summed E-state index contributed by atoms with van der Waals surface area (Å²) in [5.41, 5.74) is -4.36. The van der Waals surface area contributed by atoms with E-state index in [0.29, 0.717) is 56.6 Å². The fourth-order valence-corrected chi connectivity index (χ4v) is 7.01. The predicted molar refractivity (Wildman–Crippen MR) is 187 cm³/mol. The van der Waals surface area contributed by atoms with E-state index in [-0.39, 0.29) is 48.2 Å². The average molecular weight is 817 g/mol. The van der Waals surface area contributed by atoms with E-state index in [0.717, 1.165) is 30.8 Å². The monoisotopic (exact) mass is 816 g/mol. The molecule has 0 saturated heterocycles. The summed E-state index contributed by atoms with van der Waals surface area (Å²) in [6, 6.07) is 2.64. The second-order valence-electron chi connectivity index (χ2n) is 13.8. The van der Waals surface area contributed by atoms with Crippen molar-refractivity contribution in [3.05, 3.63) is 76.6 Å². The normalized spacial score (nSPS) is 17.8. The van der Waals surface area contributed by atoms with Gasteiger partial charge in [-0.05, 0) is 98.9 Å². The van der Waals surface area contributed by atoms with E-state index < -0.39 is 75.4 Å². The van der Waals surface area contributed by atoms with Gasteiger partial charge >= 0.3 is 24.5 Å². The molecule has 1 aliphatic rings. The summed E-state index contributed by atoms with van der Waals surface area (Å²) in [4.78, 5) is 22.6. The number of ether oxygens (including phenoxy) is 1. The number of thiol groups is 1. The van der Waals surface area contributed by atoms with Crippen LogP contribution in [0.25, 0.3) is 0 Å². The van der Waals surface area contributed by atoms with Crippen LogP contribution >= 0.6 is 0 Å². The molecule has 0 amide bonds. The van der Waals surface area contributed by atoms with Crippen LogP contribution in [0, 0.1) is 11.8 Å². The zero-order chi connectivity index (χ0) is 40.9. The Bertz CT molecular complexity index is 1780. The van der Waals surface area contributed by atoms with Gasteiger partial charge in [-0.3, -0.25) is 9.00 Å². The van der Waals surface area contributed by atoms with Crippen molar-refractivity contribution < 1.29 is 62.2 Å². The van der Waals surface area contributed by atoms with E-state index in [4.69, 9.17) is 4.74 Å². The zero-order valence-corrected chi connectivity index (χ0v) is 31.0. The van der Waals surface area contributed by atoms with E-state index in [1.807, 2.05) is 4.90 Å². The number of hydrogen-bond acceptors (Lipinski definition) is 7. The molecule has 1 heterocycles.